The van der Waals surface area contributed by atoms with E-state index in [9.17, 15) is 19.1 Å². The second-order valence-electron chi connectivity index (χ2n) is 7.37. The van der Waals surface area contributed by atoms with E-state index in [4.69, 9.17) is 0 Å². The summed E-state index contributed by atoms with van der Waals surface area (Å²) in [4.78, 5) is 28.1. The highest BCUT2D eigenvalue weighted by atomic mass is 19.1. The molecule has 1 saturated carbocycles. The quantitative estimate of drug-likeness (QED) is 0.837. The van der Waals surface area contributed by atoms with Gasteiger partial charge in [-0.25, -0.2) is 9.18 Å². The number of nitrogens with zero attached hydrogens (tertiary/aromatic N) is 3. The van der Waals surface area contributed by atoms with Crippen molar-refractivity contribution >= 4 is 22.6 Å². The summed E-state index contributed by atoms with van der Waals surface area (Å²) in [5.41, 5.74) is 0.0902. The number of aromatic carboxylic acids is 1. The number of halogens is 1. The first kappa shape index (κ1) is 17.7. The van der Waals surface area contributed by atoms with E-state index in [0.717, 1.165) is 19.4 Å². The van der Waals surface area contributed by atoms with Gasteiger partial charge in [0.2, 0.25) is 5.43 Å². The van der Waals surface area contributed by atoms with Crippen LogP contribution in [0.4, 0.5) is 10.1 Å². The lowest BCUT2D eigenvalue weighted by Crippen LogP contribution is -2.50. The van der Waals surface area contributed by atoms with Crippen molar-refractivity contribution in [2.75, 3.05) is 31.6 Å². The maximum atomic E-state index is 14.9. The number of rotatable bonds is 4. The van der Waals surface area contributed by atoms with Gasteiger partial charge in [0.05, 0.1) is 11.2 Å². The number of aromatic nitrogens is 1. The van der Waals surface area contributed by atoms with Crippen molar-refractivity contribution in [3.05, 3.63) is 52.6 Å². The Labute approximate surface area is 156 Å². The van der Waals surface area contributed by atoms with Crippen LogP contribution >= 0.6 is 0 Å². The monoisotopic (exact) mass is 371 g/mol. The molecule has 0 spiro atoms. The minimum Gasteiger partial charge on any atom is -0.477 e. The first-order valence-electron chi connectivity index (χ1n) is 9.10. The van der Waals surface area contributed by atoms with Crippen molar-refractivity contribution in [3.8, 4) is 0 Å². The number of piperazine rings is 1. The molecule has 1 aromatic carbocycles. The smallest absolute Gasteiger partial charge is 0.341 e. The van der Waals surface area contributed by atoms with Crippen LogP contribution in [-0.2, 0) is 0 Å². The molecule has 7 heteroatoms. The van der Waals surface area contributed by atoms with Gasteiger partial charge in [0.15, 0.2) is 0 Å². The molecular weight excluding hydrogens is 349 g/mol. The number of fused-ring (bicyclic) bond motifs is 1. The van der Waals surface area contributed by atoms with Crippen molar-refractivity contribution in [2.45, 2.75) is 24.9 Å². The van der Waals surface area contributed by atoms with Gasteiger partial charge in [-0.1, -0.05) is 6.08 Å². The molecule has 1 saturated heterocycles. The Kier molecular flexibility index (Phi) is 4.26. The van der Waals surface area contributed by atoms with E-state index in [2.05, 4.69) is 11.5 Å². The molecule has 2 heterocycles. The molecule has 1 aliphatic heterocycles. The maximum absolute atomic E-state index is 14.9. The third kappa shape index (κ3) is 3.02. The molecule has 4 rings (SSSR count). The van der Waals surface area contributed by atoms with Crippen LogP contribution in [0.3, 0.4) is 0 Å². The molecule has 142 valence electrons. The van der Waals surface area contributed by atoms with Gasteiger partial charge in [-0.3, -0.25) is 9.69 Å². The van der Waals surface area contributed by atoms with Crippen LogP contribution in [0.15, 0.2) is 35.8 Å². The van der Waals surface area contributed by atoms with Gasteiger partial charge in [-0.05, 0) is 32.0 Å². The molecule has 6 nitrogen and oxygen atoms in total. The van der Waals surface area contributed by atoms with E-state index in [1.807, 2.05) is 22.6 Å². The predicted molar refractivity (Wildman–Crippen MR) is 102 cm³/mol. The molecule has 1 aliphatic carbocycles. The lowest BCUT2D eigenvalue weighted by Gasteiger charge is -2.39. The molecule has 1 aromatic heterocycles. The number of pyridine rings is 1. The number of hydrogen-bond acceptors (Lipinski definition) is 4. The second-order valence-corrected chi connectivity index (χ2v) is 7.37. The fourth-order valence-corrected chi connectivity index (χ4v) is 3.78. The lowest BCUT2D eigenvalue weighted by atomic mass is 10.1. The summed E-state index contributed by atoms with van der Waals surface area (Å²) in [5.74, 6) is -1.79. The van der Waals surface area contributed by atoms with Gasteiger partial charge < -0.3 is 14.6 Å². The Bertz CT molecular complexity index is 996. The third-order valence-corrected chi connectivity index (χ3v) is 5.58. The van der Waals surface area contributed by atoms with Crippen LogP contribution in [-0.4, -0.2) is 53.3 Å². The molecule has 0 radical (unpaired) electrons. The fraction of sp³-hybridized carbons (Fsp3) is 0.400. The number of likely N-dealkylation sites (N-methyl/N-ethyl adjacent to an activating group) is 1. The number of carboxylic acids is 1. The minimum absolute atomic E-state index is 0.119. The number of carboxylic acid groups (broad SMARTS) is 1. The largest absolute Gasteiger partial charge is 0.477 e. The zero-order chi connectivity index (χ0) is 19.3. The van der Waals surface area contributed by atoms with Gasteiger partial charge in [0, 0.05) is 43.3 Å². The van der Waals surface area contributed by atoms with Crippen molar-refractivity contribution in [2.24, 2.45) is 0 Å². The van der Waals surface area contributed by atoms with Crippen LogP contribution in [0, 0.1) is 5.82 Å². The summed E-state index contributed by atoms with van der Waals surface area (Å²) in [6, 6.07) is 3.17. The van der Waals surface area contributed by atoms with Gasteiger partial charge >= 0.3 is 5.97 Å². The van der Waals surface area contributed by atoms with Crippen LogP contribution in [0.2, 0.25) is 0 Å². The summed E-state index contributed by atoms with van der Waals surface area (Å²) >= 11 is 0. The van der Waals surface area contributed by atoms with E-state index < -0.39 is 17.2 Å². The van der Waals surface area contributed by atoms with Crippen molar-refractivity contribution in [3.63, 3.8) is 0 Å². The van der Waals surface area contributed by atoms with E-state index >= 15 is 0 Å². The topological polar surface area (TPSA) is 65.8 Å². The predicted octanol–water partition coefficient (Wildman–Crippen LogP) is 2.48. The van der Waals surface area contributed by atoms with Crippen LogP contribution in [0.25, 0.3) is 10.9 Å². The fourth-order valence-electron chi connectivity index (χ4n) is 3.78. The number of hydrogen-bond donors (Lipinski definition) is 1. The molecule has 27 heavy (non-hydrogen) atoms. The minimum atomic E-state index is -1.28. The number of carbonyl (C=O) groups is 1. The van der Waals surface area contributed by atoms with E-state index in [1.54, 1.807) is 6.07 Å². The molecule has 1 unspecified atom stereocenters. The zero-order valence-electron chi connectivity index (χ0n) is 15.2. The molecule has 2 fully saturated rings. The lowest BCUT2D eigenvalue weighted by molar-refractivity contribution is 0.0695. The van der Waals surface area contributed by atoms with E-state index in [1.165, 1.54) is 12.3 Å². The highest BCUT2D eigenvalue weighted by molar-refractivity contribution is 5.93. The molecular formula is C20H22FN3O3. The summed E-state index contributed by atoms with van der Waals surface area (Å²) in [6.45, 7) is 5.92. The highest BCUT2D eigenvalue weighted by Crippen LogP contribution is 2.38. The van der Waals surface area contributed by atoms with E-state index in [0.29, 0.717) is 24.3 Å². The summed E-state index contributed by atoms with van der Waals surface area (Å²) in [6.07, 6.45) is 5.11. The first-order valence-corrected chi connectivity index (χ1v) is 9.10. The van der Waals surface area contributed by atoms with Gasteiger partial charge in [-0.2, -0.15) is 0 Å². The molecule has 2 aromatic rings. The number of anilines is 1. The molecule has 2 aliphatic rings. The van der Waals surface area contributed by atoms with Crippen LogP contribution in [0.1, 0.15) is 29.2 Å². The Morgan fingerprint density at radius 2 is 2.07 bits per heavy atom. The summed E-state index contributed by atoms with van der Waals surface area (Å²) in [7, 11) is 2.01. The standard InChI is InChI=1S/C20H22FN3O3/c1-3-12-10-23(7-6-22(12)2)18-9-17-14(8-16(18)21)19(25)15(20(26)27)11-24(17)13-4-5-13/h3,8-9,11-13H,1,4-7,10H2,2H3,(H,26,27). The van der Waals surface area contributed by atoms with Crippen molar-refractivity contribution in [1.82, 2.24) is 9.47 Å². The average molecular weight is 371 g/mol. The van der Waals surface area contributed by atoms with Crippen molar-refractivity contribution < 1.29 is 14.3 Å². The van der Waals surface area contributed by atoms with Gasteiger partial charge in [0.25, 0.3) is 0 Å². The second kappa shape index (κ2) is 6.49. The summed E-state index contributed by atoms with van der Waals surface area (Å²) < 4.78 is 16.7. The zero-order valence-corrected chi connectivity index (χ0v) is 15.2. The molecule has 0 amide bonds. The van der Waals surface area contributed by atoms with Gasteiger partial charge in [-0.15, -0.1) is 6.58 Å². The SMILES string of the molecule is C=CC1CN(c2cc3c(cc2F)c(=O)c(C(=O)O)cn3C2CC2)CCN1C. The van der Waals surface area contributed by atoms with Crippen molar-refractivity contribution in [1.29, 1.82) is 0 Å². The molecule has 1 atom stereocenters. The normalized spacial score (nSPS) is 20.8. The first-order chi connectivity index (χ1) is 12.9. The third-order valence-electron chi connectivity index (χ3n) is 5.58. The summed E-state index contributed by atoms with van der Waals surface area (Å²) in [5, 5.41) is 9.45. The Morgan fingerprint density at radius 3 is 2.70 bits per heavy atom. The van der Waals surface area contributed by atoms with Gasteiger partial charge in [0.1, 0.15) is 11.4 Å². The van der Waals surface area contributed by atoms with Crippen LogP contribution in [0.5, 0.6) is 0 Å². The molecule has 1 N–H and O–H groups in total. The Balaban J connectivity index is 1.87. The van der Waals surface area contributed by atoms with E-state index in [-0.39, 0.29) is 23.0 Å². The average Bonchev–Trinajstić information content (AvgIpc) is 3.47. The Morgan fingerprint density at radius 1 is 1.33 bits per heavy atom. The number of benzene rings is 1. The highest BCUT2D eigenvalue weighted by Gasteiger charge is 2.29. The maximum Gasteiger partial charge on any atom is 0.341 e. The van der Waals surface area contributed by atoms with Crippen LogP contribution < -0.4 is 10.3 Å². The molecule has 0 bridgehead atoms. The Hall–Kier alpha value is -2.67.